The molecule has 2 aromatic carbocycles. The molecule has 0 bridgehead atoms. The molecule has 0 saturated carbocycles. The van der Waals surface area contributed by atoms with Crippen LogP contribution in [0.25, 0.3) is 0 Å². The van der Waals surface area contributed by atoms with Gasteiger partial charge in [0.1, 0.15) is 5.75 Å². The molecule has 0 fully saturated rings. The highest BCUT2D eigenvalue weighted by molar-refractivity contribution is 5.29. The zero-order valence-corrected chi connectivity index (χ0v) is 18.4. The Morgan fingerprint density at radius 3 is 2.45 bits per heavy atom. The molecule has 1 aromatic heterocycles. The highest BCUT2D eigenvalue weighted by Crippen LogP contribution is 2.21. The van der Waals surface area contributed by atoms with Gasteiger partial charge in [-0.25, -0.2) is 0 Å². The Kier molecular flexibility index (Phi) is 7.16. The first-order chi connectivity index (χ1) is 14.0. The quantitative estimate of drug-likeness (QED) is 0.452. The number of aromatic nitrogens is 1. The molecule has 0 saturated heterocycles. The largest absolute Gasteiger partial charge is 0.497 e. The van der Waals surface area contributed by atoms with Crippen molar-refractivity contribution >= 4 is 0 Å². The monoisotopic (exact) mass is 390 g/mol. The van der Waals surface area contributed by atoms with Gasteiger partial charge in [-0.05, 0) is 60.7 Å². The highest BCUT2D eigenvalue weighted by Gasteiger charge is 2.20. The van der Waals surface area contributed by atoms with E-state index in [1.807, 2.05) is 6.07 Å². The van der Waals surface area contributed by atoms with E-state index in [4.69, 9.17) is 4.74 Å². The van der Waals surface area contributed by atoms with Crippen LogP contribution in [-0.2, 0) is 19.6 Å². The van der Waals surface area contributed by atoms with E-state index < -0.39 is 0 Å². The van der Waals surface area contributed by atoms with Gasteiger partial charge in [-0.2, -0.15) is 0 Å². The van der Waals surface area contributed by atoms with Gasteiger partial charge in [0.25, 0.3) is 0 Å². The van der Waals surface area contributed by atoms with Crippen LogP contribution in [0.5, 0.6) is 5.75 Å². The Balaban J connectivity index is 1.81. The van der Waals surface area contributed by atoms with E-state index in [-0.39, 0.29) is 0 Å². The number of benzene rings is 2. The van der Waals surface area contributed by atoms with Gasteiger partial charge < -0.3 is 9.30 Å². The predicted octanol–water partition coefficient (Wildman–Crippen LogP) is 5.90. The van der Waals surface area contributed by atoms with E-state index >= 15 is 0 Å². The van der Waals surface area contributed by atoms with Crippen molar-refractivity contribution < 1.29 is 4.74 Å². The molecule has 29 heavy (non-hydrogen) atoms. The van der Waals surface area contributed by atoms with Gasteiger partial charge in [-0.3, -0.25) is 4.90 Å². The summed E-state index contributed by atoms with van der Waals surface area (Å²) in [7, 11) is 1.72. The number of hydrogen-bond acceptors (Lipinski definition) is 2. The Morgan fingerprint density at radius 1 is 0.931 bits per heavy atom. The number of nitrogens with zero attached hydrogens (tertiary/aromatic N) is 2. The standard InChI is InChI=1S/C26H34N2O/c1-20(2)22(4)28(18-24-12-7-6-10-21(24)3)19-25-13-9-15-27(25)17-23-11-8-14-26(16-23)29-5/h6-16,20,22H,17-19H2,1-5H3. The Hall–Kier alpha value is -2.52. The van der Waals surface area contributed by atoms with Crippen LogP contribution in [0.3, 0.4) is 0 Å². The van der Waals surface area contributed by atoms with Crippen molar-refractivity contribution in [2.45, 2.75) is 53.4 Å². The average Bonchev–Trinajstić information content (AvgIpc) is 3.15. The summed E-state index contributed by atoms with van der Waals surface area (Å²) in [6.45, 7) is 11.9. The lowest BCUT2D eigenvalue weighted by molar-refractivity contribution is 0.148. The van der Waals surface area contributed by atoms with E-state index in [2.05, 4.69) is 98.0 Å². The molecule has 3 aromatic rings. The fourth-order valence-electron chi connectivity index (χ4n) is 3.69. The average molecular weight is 391 g/mol. The van der Waals surface area contributed by atoms with Crippen LogP contribution in [0, 0.1) is 12.8 Å². The molecule has 0 spiro atoms. The molecular formula is C26H34N2O. The summed E-state index contributed by atoms with van der Waals surface area (Å²) in [5, 5.41) is 0. The normalized spacial score (nSPS) is 12.5. The van der Waals surface area contributed by atoms with E-state index in [0.29, 0.717) is 12.0 Å². The molecule has 154 valence electrons. The van der Waals surface area contributed by atoms with Crippen molar-refractivity contribution in [2.24, 2.45) is 5.92 Å². The molecule has 0 aliphatic rings. The Morgan fingerprint density at radius 2 is 1.72 bits per heavy atom. The summed E-state index contributed by atoms with van der Waals surface area (Å²) >= 11 is 0. The van der Waals surface area contributed by atoms with Crippen molar-refractivity contribution in [3.05, 3.63) is 89.2 Å². The maximum absolute atomic E-state index is 5.39. The molecule has 3 heteroatoms. The van der Waals surface area contributed by atoms with E-state index in [1.54, 1.807) is 7.11 Å². The van der Waals surface area contributed by atoms with Crippen LogP contribution in [0.2, 0.25) is 0 Å². The van der Waals surface area contributed by atoms with E-state index in [0.717, 1.165) is 25.4 Å². The van der Waals surface area contributed by atoms with Crippen LogP contribution in [0.1, 0.15) is 43.2 Å². The number of hydrogen-bond donors (Lipinski definition) is 0. The van der Waals surface area contributed by atoms with Crippen molar-refractivity contribution in [3.63, 3.8) is 0 Å². The molecule has 0 radical (unpaired) electrons. The summed E-state index contributed by atoms with van der Waals surface area (Å²) in [4.78, 5) is 2.60. The maximum Gasteiger partial charge on any atom is 0.119 e. The van der Waals surface area contributed by atoms with Gasteiger partial charge >= 0.3 is 0 Å². The highest BCUT2D eigenvalue weighted by atomic mass is 16.5. The summed E-state index contributed by atoms with van der Waals surface area (Å²) in [6.07, 6.45) is 2.18. The topological polar surface area (TPSA) is 17.4 Å². The third-order valence-corrected chi connectivity index (χ3v) is 5.95. The van der Waals surface area contributed by atoms with Gasteiger partial charge in [0.15, 0.2) is 0 Å². The van der Waals surface area contributed by atoms with Gasteiger partial charge in [-0.15, -0.1) is 0 Å². The Labute approximate surface area is 175 Å². The Bertz CT molecular complexity index is 912. The second-order valence-corrected chi connectivity index (χ2v) is 8.30. The van der Waals surface area contributed by atoms with Gasteiger partial charge in [0.05, 0.1) is 7.11 Å². The minimum Gasteiger partial charge on any atom is -0.497 e. The van der Waals surface area contributed by atoms with Crippen molar-refractivity contribution in [2.75, 3.05) is 7.11 Å². The molecule has 1 heterocycles. The van der Waals surface area contributed by atoms with Crippen LogP contribution < -0.4 is 4.74 Å². The third kappa shape index (κ3) is 5.51. The minimum absolute atomic E-state index is 0.495. The fraction of sp³-hybridized carbons (Fsp3) is 0.385. The van der Waals surface area contributed by atoms with Gasteiger partial charge in [0, 0.05) is 37.6 Å². The first-order valence-electron chi connectivity index (χ1n) is 10.5. The molecule has 1 unspecified atom stereocenters. The molecule has 1 atom stereocenters. The zero-order chi connectivity index (χ0) is 20.8. The lowest BCUT2D eigenvalue weighted by atomic mass is 10.0. The minimum atomic E-state index is 0.495. The van der Waals surface area contributed by atoms with Crippen molar-refractivity contribution in [3.8, 4) is 5.75 Å². The first-order valence-corrected chi connectivity index (χ1v) is 10.5. The summed E-state index contributed by atoms with van der Waals surface area (Å²) < 4.78 is 7.74. The predicted molar refractivity (Wildman–Crippen MR) is 121 cm³/mol. The fourth-order valence-corrected chi connectivity index (χ4v) is 3.69. The lowest BCUT2D eigenvalue weighted by Gasteiger charge is -2.32. The second-order valence-electron chi connectivity index (χ2n) is 8.30. The molecule has 3 nitrogen and oxygen atoms in total. The molecule has 0 amide bonds. The molecule has 0 aliphatic carbocycles. The number of ether oxygens (including phenoxy) is 1. The summed E-state index contributed by atoms with van der Waals surface area (Å²) in [5.41, 5.74) is 5.36. The molecule has 0 N–H and O–H groups in total. The maximum atomic E-state index is 5.39. The number of aryl methyl sites for hydroxylation is 1. The van der Waals surface area contributed by atoms with E-state index in [9.17, 15) is 0 Å². The number of methoxy groups -OCH3 is 1. The van der Waals surface area contributed by atoms with E-state index in [1.165, 1.54) is 22.4 Å². The van der Waals surface area contributed by atoms with Gasteiger partial charge in [-0.1, -0.05) is 50.2 Å². The smallest absolute Gasteiger partial charge is 0.119 e. The molecule has 3 rings (SSSR count). The lowest BCUT2D eigenvalue weighted by Crippen LogP contribution is -2.36. The first kappa shape index (κ1) is 21.2. The van der Waals surface area contributed by atoms with Crippen LogP contribution in [0.4, 0.5) is 0 Å². The molecule has 0 aliphatic heterocycles. The summed E-state index contributed by atoms with van der Waals surface area (Å²) in [6, 6.07) is 22.0. The third-order valence-electron chi connectivity index (χ3n) is 5.95. The SMILES string of the molecule is COc1cccc(Cn2cccc2CN(Cc2ccccc2C)C(C)C(C)C)c1. The van der Waals surface area contributed by atoms with Gasteiger partial charge in [0.2, 0.25) is 0 Å². The van der Waals surface area contributed by atoms with Crippen LogP contribution >= 0.6 is 0 Å². The number of rotatable bonds is 9. The van der Waals surface area contributed by atoms with Crippen LogP contribution in [0.15, 0.2) is 66.9 Å². The van der Waals surface area contributed by atoms with Crippen molar-refractivity contribution in [1.29, 1.82) is 0 Å². The molecular weight excluding hydrogens is 356 g/mol. The zero-order valence-electron chi connectivity index (χ0n) is 18.4. The summed E-state index contributed by atoms with van der Waals surface area (Å²) in [5.74, 6) is 1.51. The van der Waals surface area contributed by atoms with Crippen molar-refractivity contribution in [1.82, 2.24) is 9.47 Å². The van der Waals surface area contributed by atoms with Crippen LogP contribution in [-0.4, -0.2) is 22.6 Å². The second kappa shape index (κ2) is 9.80.